The van der Waals surface area contributed by atoms with Crippen molar-refractivity contribution in [1.29, 1.82) is 0 Å². The predicted molar refractivity (Wildman–Crippen MR) is 40.0 cm³/mol. The second-order valence-corrected chi connectivity index (χ2v) is 3.24. The van der Waals surface area contributed by atoms with Crippen LogP contribution >= 0.6 is 15.9 Å². The van der Waals surface area contributed by atoms with Crippen LogP contribution in [0.25, 0.3) is 0 Å². The first kappa shape index (κ1) is 9.62. The molecule has 1 unspecified atom stereocenters. The van der Waals surface area contributed by atoms with Crippen LogP contribution in [-0.2, 0) is 14.3 Å². The minimum Gasteiger partial charge on any atom is -0.468 e. The highest BCUT2D eigenvalue weighted by molar-refractivity contribution is 9.10. The lowest BCUT2D eigenvalue weighted by Crippen LogP contribution is -2.33. The monoisotopic (exact) mass is 208 g/mol. The van der Waals surface area contributed by atoms with Gasteiger partial charge in [0.05, 0.1) is 7.11 Å². The maximum absolute atomic E-state index is 10.8. The molecule has 0 aromatic rings. The zero-order valence-electron chi connectivity index (χ0n) is 5.89. The summed E-state index contributed by atoms with van der Waals surface area (Å²) in [5.74, 6) is -0.551. The van der Waals surface area contributed by atoms with Crippen molar-refractivity contribution in [3.05, 3.63) is 0 Å². The standard InChI is InChI=1S/C6H9BrO3/c1-3-6(7,4-8)5(9)10-2/h4H,3H2,1-2H3. The zero-order valence-corrected chi connectivity index (χ0v) is 7.47. The van der Waals surface area contributed by atoms with Gasteiger partial charge in [-0.1, -0.05) is 22.9 Å². The molecule has 4 heteroatoms. The molecule has 0 aromatic carbocycles. The van der Waals surface area contributed by atoms with E-state index in [0.29, 0.717) is 12.7 Å². The second kappa shape index (κ2) is 3.71. The Morgan fingerprint density at radius 1 is 1.80 bits per heavy atom. The van der Waals surface area contributed by atoms with Crippen LogP contribution < -0.4 is 0 Å². The number of carbonyl (C=O) groups is 2. The van der Waals surface area contributed by atoms with Crippen LogP contribution in [0.1, 0.15) is 13.3 Å². The van der Waals surface area contributed by atoms with Crippen LogP contribution in [0.3, 0.4) is 0 Å². The van der Waals surface area contributed by atoms with E-state index in [1.807, 2.05) is 0 Å². The van der Waals surface area contributed by atoms with Gasteiger partial charge in [-0.2, -0.15) is 0 Å². The van der Waals surface area contributed by atoms with Gasteiger partial charge >= 0.3 is 5.97 Å². The summed E-state index contributed by atoms with van der Waals surface area (Å²) in [7, 11) is 1.25. The Balaban J connectivity index is 4.31. The van der Waals surface area contributed by atoms with Crippen LogP contribution in [0.5, 0.6) is 0 Å². The number of carbonyl (C=O) groups excluding carboxylic acids is 2. The van der Waals surface area contributed by atoms with Crippen molar-refractivity contribution >= 4 is 28.2 Å². The molecule has 0 rings (SSSR count). The van der Waals surface area contributed by atoms with Gasteiger partial charge in [0.25, 0.3) is 0 Å². The minimum atomic E-state index is -1.14. The van der Waals surface area contributed by atoms with E-state index in [2.05, 4.69) is 20.7 Å². The average Bonchev–Trinajstić information content (AvgIpc) is 2.01. The Morgan fingerprint density at radius 3 is 2.40 bits per heavy atom. The van der Waals surface area contributed by atoms with Crippen molar-refractivity contribution in [2.75, 3.05) is 7.11 Å². The number of alkyl halides is 1. The highest BCUT2D eigenvalue weighted by atomic mass is 79.9. The topological polar surface area (TPSA) is 43.4 Å². The zero-order chi connectivity index (χ0) is 8.20. The van der Waals surface area contributed by atoms with E-state index in [9.17, 15) is 9.59 Å². The van der Waals surface area contributed by atoms with Gasteiger partial charge < -0.3 is 9.53 Å². The lowest BCUT2D eigenvalue weighted by Gasteiger charge is -2.14. The van der Waals surface area contributed by atoms with Crippen molar-refractivity contribution in [2.24, 2.45) is 0 Å². The molecular formula is C6H9BrO3. The van der Waals surface area contributed by atoms with E-state index >= 15 is 0 Å². The van der Waals surface area contributed by atoms with E-state index in [-0.39, 0.29) is 0 Å². The van der Waals surface area contributed by atoms with Crippen LogP contribution in [-0.4, -0.2) is 23.7 Å². The van der Waals surface area contributed by atoms with Gasteiger partial charge in [-0.05, 0) is 6.42 Å². The van der Waals surface area contributed by atoms with Gasteiger partial charge in [0.1, 0.15) is 6.29 Å². The van der Waals surface area contributed by atoms with Gasteiger partial charge in [0.2, 0.25) is 0 Å². The largest absolute Gasteiger partial charge is 0.468 e. The molecule has 0 bridgehead atoms. The molecule has 0 N–H and O–H groups in total. The molecule has 58 valence electrons. The number of esters is 1. The Morgan fingerprint density at radius 2 is 2.30 bits per heavy atom. The number of methoxy groups -OCH3 is 1. The first-order valence-corrected chi connectivity index (χ1v) is 3.63. The normalized spacial score (nSPS) is 15.5. The van der Waals surface area contributed by atoms with Gasteiger partial charge in [-0.25, -0.2) is 0 Å². The van der Waals surface area contributed by atoms with Crippen molar-refractivity contribution < 1.29 is 14.3 Å². The molecule has 0 radical (unpaired) electrons. The molecule has 10 heavy (non-hydrogen) atoms. The first-order chi connectivity index (χ1) is 4.60. The van der Waals surface area contributed by atoms with Crippen LogP contribution in [0.15, 0.2) is 0 Å². The van der Waals surface area contributed by atoms with Crippen LogP contribution in [0.4, 0.5) is 0 Å². The molecule has 0 fully saturated rings. The summed E-state index contributed by atoms with van der Waals surface area (Å²) in [6.45, 7) is 1.72. The summed E-state index contributed by atoms with van der Waals surface area (Å²) in [6, 6.07) is 0. The van der Waals surface area contributed by atoms with Crippen molar-refractivity contribution in [2.45, 2.75) is 17.7 Å². The molecule has 0 saturated carbocycles. The summed E-state index contributed by atoms with van der Waals surface area (Å²) in [5, 5.41) is 0. The Kier molecular flexibility index (Phi) is 3.57. The van der Waals surface area contributed by atoms with E-state index in [1.54, 1.807) is 6.92 Å². The third-order valence-corrected chi connectivity index (χ3v) is 2.30. The Hall–Kier alpha value is -0.380. The van der Waals surface area contributed by atoms with Gasteiger partial charge in [-0.3, -0.25) is 4.79 Å². The van der Waals surface area contributed by atoms with E-state index in [1.165, 1.54) is 7.11 Å². The molecule has 0 aliphatic heterocycles. The fraction of sp³-hybridized carbons (Fsp3) is 0.667. The van der Waals surface area contributed by atoms with Crippen molar-refractivity contribution in [3.8, 4) is 0 Å². The molecule has 0 heterocycles. The quantitative estimate of drug-likeness (QED) is 0.300. The molecule has 0 aliphatic rings. The van der Waals surface area contributed by atoms with Crippen molar-refractivity contribution in [3.63, 3.8) is 0 Å². The number of aldehydes is 1. The van der Waals surface area contributed by atoms with Crippen LogP contribution in [0, 0.1) is 0 Å². The first-order valence-electron chi connectivity index (χ1n) is 2.84. The molecule has 0 saturated heterocycles. The molecule has 0 aromatic heterocycles. The SMILES string of the molecule is CCC(Br)(C=O)C(=O)OC. The molecular weight excluding hydrogens is 200 g/mol. The molecule has 0 spiro atoms. The lowest BCUT2D eigenvalue weighted by molar-refractivity contribution is -0.144. The summed E-state index contributed by atoms with van der Waals surface area (Å²) in [5.41, 5.74) is 0. The number of halogens is 1. The van der Waals surface area contributed by atoms with E-state index in [0.717, 1.165) is 0 Å². The number of hydrogen-bond donors (Lipinski definition) is 0. The van der Waals surface area contributed by atoms with E-state index < -0.39 is 10.3 Å². The predicted octanol–water partition coefficient (Wildman–Crippen LogP) is 0.902. The lowest BCUT2D eigenvalue weighted by atomic mass is 10.1. The van der Waals surface area contributed by atoms with Gasteiger partial charge in [-0.15, -0.1) is 0 Å². The maximum atomic E-state index is 10.8. The van der Waals surface area contributed by atoms with Crippen LogP contribution in [0.2, 0.25) is 0 Å². The average molecular weight is 209 g/mol. The third-order valence-electron chi connectivity index (χ3n) is 1.23. The second-order valence-electron chi connectivity index (χ2n) is 1.83. The summed E-state index contributed by atoms with van der Waals surface area (Å²) < 4.78 is 3.24. The molecule has 1 atom stereocenters. The number of hydrogen-bond acceptors (Lipinski definition) is 3. The highest BCUT2D eigenvalue weighted by Crippen LogP contribution is 2.20. The maximum Gasteiger partial charge on any atom is 0.329 e. The van der Waals surface area contributed by atoms with Crippen molar-refractivity contribution in [1.82, 2.24) is 0 Å². The number of ether oxygens (including phenoxy) is 1. The molecule has 0 amide bonds. The Bertz CT molecular complexity index is 146. The van der Waals surface area contributed by atoms with E-state index in [4.69, 9.17) is 0 Å². The number of rotatable bonds is 3. The van der Waals surface area contributed by atoms with Gasteiger partial charge in [0, 0.05) is 0 Å². The Labute approximate surface area is 67.9 Å². The highest BCUT2D eigenvalue weighted by Gasteiger charge is 2.34. The summed E-state index contributed by atoms with van der Waals surface area (Å²) >= 11 is 2.97. The molecule has 0 aliphatic carbocycles. The smallest absolute Gasteiger partial charge is 0.329 e. The molecule has 3 nitrogen and oxygen atoms in total. The fourth-order valence-electron chi connectivity index (χ4n) is 0.445. The van der Waals surface area contributed by atoms with Gasteiger partial charge in [0.15, 0.2) is 4.32 Å². The third kappa shape index (κ3) is 1.80. The summed E-state index contributed by atoms with van der Waals surface area (Å²) in [6.07, 6.45) is 0.933. The fourth-order valence-corrected chi connectivity index (χ4v) is 0.607. The summed E-state index contributed by atoms with van der Waals surface area (Å²) in [4.78, 5) is 21.1. The minimum absolute atomic E-state index is 0.392.